The van der Waals surface area contributed by atoms with Crippen molar-refractivity contribution >= 4 is 0 Å². The summed E-state index contributed by atoms with van der Waals surface area (Å²) in [5.41, 5.74) is 0. The number of aliphatic hydroxyl groups excluding tert-OH is 3. The largest absolute Gasteiger partial charge is 0.412 e. The first-order valence-corrected chi connectivity index (χ1v) is 3.12. The third-order valence-corrected chi connectivity index (χ3v) is 0.421. The molecule has 0 aliphatic heterocycles. The molecule has 0 heterocycles. The van der Waals surface area contributed by atoms with Crippen molar-refractivity contribution in [3.63, 3.8) is 0 Å². The van der Waals surface area contributed by atoms with Crippen molar-refractivity contribution < 1.29 is 20.8 Å². The van der Waals surface area contributed by atoms with E-state index in [0.717, 1.165) is 0 Å². The lowest BCUT2D eigenvalue weighted by Gasteiger charge is -1.96. The Hall–Kier alpha value is -0.160. The van der Waals surface area contributed by atoms with Crippen LogP contribution in [0.5, 0.6) is 0 Å². The molecule has 0 rings (SSSR count). The average molecular weight is 154 g/mol. The van der Waals surface area contributed by atoms with Gasteiger partial charge in [-0.15, -0.1) is 0 Å². The Morgan fingerprint density at radius 3 is 1.30 bits per heavy atom. The molecule has 0 bridgehead atoms. The van der Waals surface area contributed by atoms with Gasteiger partial charge >= 0.3 is 0 Å². The molecule has 5 N–H and O–H groups in total. The summed E-state index contributed by atoms with van der Waals surface area (Å²) >= 11 is 0. The Morgan fingerprint density at radius 2 is 1.30 bits per heavy atom. The van der Waals surface area contributed by atoms with Gasteiger partial charge in [-0.2, -0.15) is 0 Å². The van der Waals surface area contributed by atoms with Crippen molar-refractivity contribution in [3.8, 4) is 0 Å². The molecule has 0 atom stereocenters. The number of aliphatic hydroxyl groups is 3. The van der Waals surface area contributed by atoms with E-state index in [1.807, 2.05) is 0 Å². The summed E-state index contributed by atoms with van der Waals surface area (Å²) in [7, 11) is 0. The van der Waals surface area contributed by atoms with Crippen LogP contribution in [0, 0.1) is 0 Å². The Balaban J connectivity index is -0.000000107. The fraction of sp³-hybridized carbons (Fsp3) is 1.00. The minimum absolute atomic E-state index is 0. The van der Waals surface area contributed by atoms with E-state index in [-0.39, 0.29) is 18.7 Å². The van der Waals surface area contributed by atoms with Crippen LogP contribution >= 0.6 is 0 Å². The molecule has 0 spiro atoms. The van der Waals surface area contributed by atoms with E-state index in [1.54, 1.807) is 0 Å². The van der Waals surface area contributed by atoms with Gasteiger partial charge in [0, 0.05) is 0 Å². The van der Waals surface area contributed by atoms with Gasteiger partial charge in [-0.3, -0.25) is 0 Å². The first-order chi connectivity index (χ1) is 4.22. The van der Waals surface area contributed by atoms with Gasteiger partial charge in [0.15, 0.2) is 0 Å². The van der Waals surface area contributed by atoms with Crippen LogP contribution in [0.15, 0.2) is 0 Å². The molecular weight excluding hydrogens is 136 g/mol. The second-order valence-corrected chi connectivity index (χ2v) is 1.73. The van der Waals surface area contributed by atoms with Crippen LogP contribution in [0.25, 0.3) is 0 Å². The molecule has 0 aromatic carbocycles. The van der Waals surface area contributed by atoms with Crippen molar-refractivity contribution in [2.24, 2.45) is 0 Å². The van der Waals surface area contributed by atoms with E-state index in [2.05, 4.69) is 13.8 Å². The number of rotatable bonds is 2. The van der Waals surface area contributed by atoms with Gasteiger partial charge in [-0.1, -0.05) is 20.3 Å². The van der Waals surface area contributed by atoms with Gasteiger partial charge in [0.1, 0.15) is 6.10 Å². The smallest absolute Gasteiger partial charge is 0.100 e. The van der Waals surface area contributed by atoms with Crippen molar-refractivity contribution in [2.75, 3.05) is 13.2 Å². The van der Waals surface area contributed by atoms with Crippen LogP contribution in [0.3, 0.4) is 0 Å². The highest BCUT2D eigenvalue weighted by Crippen LogP contribution is 1.71. The molecule has 4 heteroatoms. The second-order valence-electron chi connectivity index (χ2n) is 1.73. The summed E-state index contributed by atoms with van der Waals surface area (Å²) in [4.78, 5) is 0. The third kappa shape index (κ3) is 24.9. The summed E-state index contributed by atoms with van der Waals surface area (Å²) in [6.45, 7) is 3.52. The highest BCUT2D eigenvalue weighted by Gasteiger charge is 1.93. The molecule has 10 heavy (non-hydrogen) atoms. The van der Waals surface area contributed by atoms with Gasteiger partial charge < -0.3 is 20.8 Å². The van der Waals surface area contributed by atoms with Crippen molar-refractivity contribution in [2.45, 2.75) is 26.4 Å². The van der Waals surface area contributed by atoms with Crippen LogP contribution in [-0.4, -0.2) is 40.1 Å². The third-order valence-electron chi connectivity index (χ3n) is 0.421. The molecule has 0 saturated carbocycles. The molecule has 0 fully saturated rings. The molecule has 0 aromatic rings. The highest BCUT2D eigenvalue weighted by atomic mass is 16.3. The maximum absolute atomic E-state index is 8.17. The van der Waals surface area contributed by atoms with Gasteiger partial charge in [0.25, 0.3) is 0 Å². The van der Waals surface area contributed by atoms with Crippen LogP contribution < -0.4 is 0 Å². The highest BCUT2D eigenvalue weighted by molar-refractivity contribution is 4.43. The molecule has 0 amide bonds. The van der Waals surface area contributed by atoms with E-state index in [9.17, 15) is 0 Å². The second kappa shape index (κ2) is 15.9. The maximum Gasteiger partial charge on any atom is 0.100 e. The standard InChI is InChI=1S/C3H8O3.C3H8.H2O/c4-1-3(6)2-5;1-3-2;/h3-6H,1-2H2;3H2,1-2H3;1H2. The molecule has 0 aromatic heterocycles. The van der Waals surface area contributed by atoms with Gasteiger partial charge in [0.05, 0.1) is 13.2 Å². The predicted molar refractivity (Wildman–Crippen MR) is 39.8 cm³/mol. The van der Waals surface area contributed by atoms with Gasteiger partial charge in [-0.05, 0) is 0 Å². The Kier molecular flexibility index (Phi) is 26.2. The minimum Gasteiger partial charge on any atom is -0.412 e. The lowest BCUT2D eigenvalue weighted by Crippen LogP contribution is -2.15. The Bertz CT molecular complexity index is 36.7. The summed E-state index contributed by atoms with van der Waals surface area (Å²) in [6, 6.07) is 0. The van der Waals surface area contributed by atoms with Gasteiger partial charge in [-0.25, -0.2) is 0 Å². The first-order valence-electron chi connectivity index (χ1n) is 3.12. The Morgan fingerprint density at radius 1 is 1.10 bits per heavy atom. The average Bonchev–Trinajstić information content (AvgIpc) is 1.88. The number of hydrogen-bond donors (Lipinski definition) is 3. The SMILES string of the molecule is CCC.O.OCC(O)CO. The van der Waals surface area contributed by atoms with Gasteiger partial charge in [0.2, 0.25) is 0 Å². The summed E-state index contributed by atoms with van der Waals surface area (Å²) in [5.74, 6) is 0. The zero-order valence-corrected chi connectivity index (χ0v) is 6.54. The summed E-state index contributed by atoms with van der Waals surface area (Å²) in [5, 5.41) is 24.0. The summed E-state index contributed by atoms with van der Waals surface area (Å²) in [6.07, 6.45) is 0.296. The lowest BCUT2D eigenvalue weighted by molar-refractivity contribution is 0.0450. The van der Waals surface area contributed by atoms with E-state index < -0.39 is 6.10 Å². The van der Waals surface area contributed by atoms with E-state index in [1.165, 1.54) is 6.42 Å². The molecule has 0 saturated heterocycles. The van der Waals surface area contributed by atoms with Crippen molar-refractivity contribution in [3.05, 3.63) is 0 Å². The molecule has 0 radical (unpaired) electrons. The van der Waals surface area contributed by atoms with Crippen molar-refractivity contribution in [1.82, 2.24) is 0 Å². The van der Waals surface area contributed by atoms with Crippen LogP contribution in [0.2, 0.25) is 0 Å². The maximum atomic E-state index is 8.17. The topological polar surface area (TPSA) is 92.2 Å². The van der Waals surface area contributed by atoms with E-state index >= 15 is 0 Å². The minimum atomic E-state index is -0.954. The Labute approximate surface area is 61.4 Å². The molecule has 0 aliphatic rings. The molecular formula is C6H18O4. The van der Waals surface area contributed by atoms with Crippen molar-refractivity contribution in [1.29, 1.82) is 0 Å². The fourth-order valence-electron chi connectivity index (χ4n) is 0.0577. The summed E-state index contributed by atoms with van der Waals surface area (Å²) < 4.78 is 0. The fourth-order valence-corrected chi connectivity index (χ4v) is 0.0577. The predicted octanol–water partition coefficient (Wildman–Crippen LogP) is -1.08. The molecule has 0 aliphatic carbocycles. The normalized spacial score (nSPS) is 7.80. The van der Waals surface area contributed by atoms with E-state index in [0.29, 0.717) is 0 Å². The quantitative estimate of drug-likeness (QED) is 0.472. The zero-order chi connectivity index (χ0) is 7.70. The number of hydrogen-bond acceptors (Lipinski definition) is 3. The van der Waals surface area contributed by atoms with Crippen LogP contribution in [0.4, 0.5) is 0 Å². The monoisotopic (exact) mass is 154 g/mol. The van der Waals surface area contributed by atoms with Crippen LogP contribution in [-0.2, 0) is 0 Å². The molecule has 66 valence electrons. The zero-order valence-electron chi connectivity index (χ0n) is 6.54. The van der Waals surface area contributed by atoms with E-state index in [4.69, 9.17) is 15.3 Å². The molecule has 0 unspecified atom stereocenters. The lowest BCUT2D eigenvalue weighted by atomic mass is 10.4. The first kappa shape index (κ1) is 16.4. The van der Waals surface area contributed by atoms with Crippen LogP contribution in [0.1, 0.15) is 20.3 Å². The molecule has 4 nitrogen and oxygen atoms in total.